The molecule has 0 spiro atoms. The molecular weight excluding hydrogens is 242 g/mol. The second kappa shape index (κ2) is 5.61. The van der Waals surface area contributed by atoms with Gasteiger partial charge in [0.05, 0.1) is 6.10 Å². The van der Waals surface area contributed by atoms with E-state index >= 15 is 0 Å². The number of ether oxygens (including phenoxy) is 1. The van der Waals surface area contributed by atoms with E-state index in [-0.39, 0.29) is 12.5 Å². The number of hydrogen-bond donors (Lipinski definition) is 1. The summed E-state index contributed by atoms with van der Waals surface area (Å²) < 4.78 is 5.56. The van der Waals surface area contributed by atoms with Crippen LogP contribution in [0.1, 0.15) is 37.0 Å². The molecule has 0 bridgehead atoms. The molecule has 0 aromatic heterocycles. The van der Waals surface area contributed by atoms with Gasteiger partial charge in [0.25, 0.3) is 5.91 Å². The van der Waals surface area contributed by atoms with Gasteiger partial charge in [0, 0.05) is 13.1 Å². The first kappa shape index (κ1) is 13.9. The van der Waals surface area contributed by atoms with Crippen LogP contribution in [-0.2, 0) is 4.79 Å². The maximum absolute atomic E-state index is 11.8. The minimum absolute atomic E-state index is 0.0153. The molecule has 19 heavy (non-hydrogen) atoms. The Morgan fingerprint density at radius 3 is 2.74 bits per heavy atom. The van der Waals surface area contributed by atoms with Crippen molar-refractivity contribution in [1.29, 1.82) is 0 Å². The highest BCUT2D eigenvalue weighted by Gasteiger charge is 2.29. The van der Waals surface area contributed by atoms with Gasteiger partial charge in [-0.15, -0.1) is 0 Å². The lowest BCUT2D eigenvalue weighted by Gasteiger charge is -2.17. The Hall–Kier alpha value is -1.55. The highest BCUT2D eigenvalue weighted by Crippen LogP contribution is 2.26. The molecule has 1 aliphatic carbocycles. The first-order valence-electron chi connectivity index (χ1n) is 6.66. The van der Waals surface area contributed by atoms with Crippen LogP contribution in [0.3, 0.4) is 0 Å². The molecule has 1 aromatic carbocycles. The van der Waals surface area contributed by atoms with Gasteiger partial charge in [-0.05, 0) is 49.9 Å². The Morgan fingerprint density at radius 2 is 2.21 bits per heavy atom. The number of hydrogen-bond acceptors (Lipinski definition) is 3. The fraction of sp³-hybridized carbons (Fsp3) is 0.533. The molecule has 1 saturated carbocycles. The van der Waals surface area contributed by atoms with Gasteiger partial charge >= 0.3 is 0 Å². The fourth-order valence-corrected chi connectivity index (χ4v) is 2.00. The summed E-state index contributed by atoms with van der Waals surface area (Å²) in [5, 5.41) is 9.50. The summed E-state index contributed by atoms with van der Waals surface area (Å²) in [5.74, 6) is 0.712. The molecule has 0 saturated heterocycles. The molecule has 4 heteroatoms. The molecule has 0 aliphatic heterocycles. The van der Waals surface area contributed by atoms with Gasteiger partial charge in [0.15, 0.2) is 6.61 Å². The van der Waals surface area contributed by atoms with E-state index in [0.29, 0.717) is 11.8 Å². The van der Waals surface area contributed by atoms with Gasteiger partial charge in [0.2, 0.25) is 0 Å². The topological polar surface area (TPSA) is 49.8 Å². The molecule has 1 atom stereocenters. The minimum Gasteiger partial charge on any atom is -0.484 e. The minimum atomic E-state index is -0.490. The van der Waals surface area contributed by atoms with Crippen molar-refractivity contribution in [3.05, 3.63) is 29.3 Å². The summed E-state index contributed by atoms with van der Waals surface area (Å²) in [5.41, 5.74) is 1.78. The number of aliphatic hydroxyl groups excluding tert-OH is 1. The van der Waals surface area contributed by atoms with Gasteiger partial charge in [-0.25, -0.2) is 0 Å². The maximum Gasteiger partial charge on any atom is 0.260 e. The van der Waals surface area contributed by atoms with Crippen molar-refractivity contribution in [2.75, 3.05) is 13.7 Å². The molecule has 1 aliphatic rings. The average Bonchev–Trinajstić information content (AvgIpc) is 3.20. The molecule has 0 heterocycles. The number of aryl methyl sites for hydroxylation is 1. The first-order valence-corrected chi connectivity index (χ1v) is 6.66. The SMILES string of the molecule is Cc1cc([C@H](C)O)ccc1OCC(=O)N(C)C1CC1. The zero-order valence-electron chi connectivity index (χ0n) is 11.7. The summed E-state index contributed by atoms with van der Waals surface area (Å²) in [6.07, 6.45) is 1.71. The normalized spacial score (nSPS) is 16.0. The van der Waals surface area contributed by atoms with E-state index in [2.05, 4.69) is 0 Å². The lowest BCUT2D eigenvalue weighted by Crippen LogP contribution is -2.33. The summed E-state index contributed by atoms with van der Waals surface area (Å²) >= 11 is 0. The standard InChI is InChI=1S/C15H21NO3/c1-10-8-12(11(2)17)4-7-14(10)19-9-15(18)16(3)13-5-6-13/h4,7-8,11,13,17H,5-6,9H2,1-3H3/t11-/m0/s1. The number of likely N-dealkylation sites (N-methyl/N-ethyl adjacent to an activating group) is 1. The average molecular weight is 263 g/mol. The number of rotatable bonds is 5. The summed E-state index contributed by atoms with van der Waals surface area (Å²) in [6.45, 7) is 3.71. The summed E-state index contributed by atoms with van der Waals surface area (Å²) in [4.78, 5) is 13.6. The number of benzene rings is 1. The Labute approximate surface area is 114 Å². The van der Waals surface area contributed by atoms with E-state index in [1.807, 2.05) is 32.2 Å². The van der Waals surface area contributed by atoms with E-state index in [4.69, 9.17) is 4.74 Å². The zero-order valence-corrected chi connectivity index (χ0v) is 11.7. The highest BCUT2D eigenvalue weighted by molar-refractivity contribution is 5.78. The van der Waals surface area contributed by atoms with Gasteiger partial charge in [-0.1, -0.05) is 6.07 Å². The molecular formula is C15H21NO3. The molecule has 0 radical (unpaired) electrons. The molecule has 4 nitrogen and oxygen atoms in total. The molecule has 2 rings (SSSR count). The lowest BCUT2D eigenvalue weighted by molar-refractivity contribution is -0.132. The maximum atomic E-state index is 11.8. The van der Waals surface area contributed by atoms with Crippen LogP contribution in [0.4, 0.5) is 0 Å². The van der Waals surface area contributed by atoms with Crippen LogP contribution < -0.4 is 4.74 Å². The van der Waals surface area contributed by atoms with Crippen molar-refractivity contribution in [1.82, 2.24) is 4.90 Å². The van der Waals surface area contributed by atoms with Crippen LogP contribution in [0.5, 0.6) is 5.75 Å². The predicted molar refractivity (Wildman–Crippen MR) is 73.1 cm³/mol. The van der Waals surface area contributed by atoms with Crippen LogP contribution in [-0.4, -0.2) is 35.6 Å². The largest absolute Gasteiger partial charge is 0.484 e. The third-order valence-corrected chi connectivity index (χ3v) is 3.52. The highest BCUT2D eigenvalue weighted by atomic mass is 16.5. The van der Waals surface area contributed by atoms with E-state index in [1.54, 1.807) is 11.8 Å². The number of amides is 1. The predicted octanol–water partition coefficient (Wildman–Crippen LogP) is 2.05. The molecule has 1 N–H and O–H groups in total. The van der Waals surface area contributed by atoms with Gasteiger partial charge in [-0.3, -0.25) is 4.79 Å². The molecule has 1 aromatic rings. The van der Waals surface area contributed by atoms with Crippen molar-refractivity contribution in [2.45, 2.75) is 38.8 Å². The summed E-state index contributed by atoms with van der Waals surface area (Å²) in [6, 6.07) is 5.92. The number of carbonyl (C=O) groups is 1. The third-order valence-electron chi connectivity index (χ3n) is 3.52. The van der Waals surface area contributed by atoms with E-state index in [9.17, 15) is 9.90 Å². The Balaban J connectivity index is 1.93. The van der Waals surface area contributed by atoms with Crippen molar-refractivity contribution in [3.63, 3.8) is 0 Å². The Morgan fingerprint density at radius 1 is 1.53 bits per heavy atom. The van der Waals surface area contributed by atoms with Gasteiger partial charge < -0.3 is 14.7 Å². The first-order chi connectivity index (χ1) is 8.99. The van der Waals surface area contributed by atoms with Crippen molar-refractivity contribution >= 4 is 5.91 Å². The lowest BCUT2D eigenvalue weighted by atomic mass is 10.1. The van der Waals surface area contributed by atoms with Crippen LogP contribution in [0, 0.1) is 6.92 Å². The van der Waals surface area contributed by atoms with Gasteiger partial charge in [0.1, 0.15) is 5.75 Å². The second-order valence-electron chi connectivity index (χ2n) is 5.23. The monoisotopic (exact) mass is 263 g/mol. The van der Waals surface area contributed by atoms with Crippen LogP contribution in [0.25, 0.3) is 0 Å². The van der Waals surface area contributed by atoms with E-state index in [1.165, 1.54) is 0 Å². The molecule has 1 amide bonds. The zero-order chi connectivity index (χ0) is 14.0. The quantitative estimate of drug-likeness (QED) is 0.884. The third kappa shape index (κ3) is 3.47. The van der Waals surface area contributed by atoms with Crippen LogP contribution >= 0.6 is 0 Å². The van der Waals surface area contributed by atoms with Gasteiger partial charge in [-0.2, -0.15) is 0 Å². The van der Waals surface area contributed by atoms with Crippen molar-refractivity contribution in [3.8, 4) is 5.75 Å². The molecule has 104 valence electrons. The Kier molecular flexibility index (Phi) is 4.10. The number of aliphatic hydroxyl groups is 1. The van der Waals surface area contributed by atoms with E-state index < -0.39 is 6.10 Å². The van der Waals surface area contributed by atoms with Crippen molar-refractivity contribution < 1.29 is 14.6 Å². The molecule has 0 unspecified atom stereocenters. The smallest absolute Gasteiger partial charge is 0.260 e. The van der Waals surface area contributed by atoms with E-state index in [0.717, 1.165) is 24.0 Å². The second-order valence-corrected chi connectivity index (χ2v) is 5.23. The molecule has 1 fully saturated rings. The van der Waals surface area contributed by atoms with Crippen LogP contribution in [0.2, 0.25) is 0 Å². The fourth-order valence-electron chi connectivity index (χ4n) is 2.00. The van der Waals surface area contributed by atoms with Crippen molar-refractivity contribution in [2.24, 2.45) is 0 Å². The summed E-state index contributed by atoms with van der Waals surface area (Å²) in [7, 11) is 1.83. The number of nitrogens with zero attached hydrogens (tertiary/aromatic N) is 1. The Bertz CT molecular complexity index is 466. The van der Waals surface area contributed by atoms with Crippen LogP contribution in [0.15, 0.2) is 18.2 Å². The number of carbonyl (C=O) groups excluding carboxylic acids is 1.